The van der Waals surface area contributed by atoms with Crippen LogP contribution in [0.3, 0.4) is 0 Å². The van der Waals surface area contributed by atoms with Crippen LogP contribution in [0.5, 0.6) is 0 Å². The van der Waals surface area contributed by atoms with E-state index in [2.05, 4.69) is 5.32 Å². The summed E-state index contributed by atoms with van der Waals surface area (Å²) in [6.45, 7) is 0. The second-order valence-corrected chi connectivity index (χ2v) is 5.78. The van der Waals surface area contributed by atoms with Crippen molar-refractivity contribution < 1.29 is 14.7 Å². The molecular formula is C14H15NO3. The van der Waals surface area contributed by atoms with Gasteiger partial charge in [-0.1, -0.05) is 24.3 Å². The van der Waals surface area contributed by atoms with E-state index in [1.807, 2.05) is 24.3 Å². The smallest absolute Gasteiger partial charge is 0.405 e. The fourth-order valence-corrected chi connectivity index (χ4v) is 3.69. The van der Waals surface area contributed by atoms with Gasteiger partial charge in [-0.25, -0.2) is 4.79 Å². The molecule has 0 atom stereocenters. The fraction of sp³-hybridized carbons (Fsp3) is 0.429. The van der Waals surface area contributed by atoms with Gasteiger partial charge in [0.15, 0.2) is 0 Å². The average Bonchev–Trinajstić information content (AvgIpc) is 2.25. The van der Waals surface area contributed by atoms with Gasteiger partial charge in [0, 0.05) is 11.1 Å². The first-order chi connectivity index (χ1) is 8.55. The highest BCUT2D eigenvalue weighted by Crippen LogP contribution is 2.68. The van der Waals surface area contributed by atoms with Crippen molar-refractivity contribution in [3.63, 3.8) is 0 Å². The van der Waals surface area contributed by atoms with E-state index in [1.54, 1.807) is 0 Å². The number of aldehydes is 1. The molecular weight excluding hydrogens is 230 g/mol. The summed E-state index contributed by atoms with van der Waals surface area (Å²) in [4.78, 5) is 21.2. The summed E-state index contributed by atoms with van der Waals surface area (Å²) in [5.74, 6) is 0. The Balaban J connectivity index is 1.60. The number of hydrogen-bond acceptors (Lipinski definition) is 2. The number of carboxylic acid groups (broad SMARTS) is 1. The predicted molar refractivity (Wildman–Crippen MR) is 65.7 cm³/mol. The zero-order chi connectivity index (χ0) is 12.8. The summed E-state index contributed by atoms with van der Waals surface area (Å²) in [6.07, 6.45) is 3.75. The molecule has 2 N–H and O–H groups in total. The lowest BCUT2D eigenvalue weighted by molar-refractivity contribution is -0.147. The molecule has 1 aromatic rings. The average molecular weight is 245 g/mol. The van der Waals surface area contributed by atoms with Gasteiger partial charge in [-0.05, 0) is 36.7 Å². The van der Waals surface area contributed by atoms with E-state index in [0.717, 1.165) is 32.0 Å². The first-order valence-electron chi connectivity index (χ1n) is 6.10. The topological polar surface area (TPSA) is 66.4 Å². The highest BCUT2D eigenvalue weighted by atomic mass is 16.4. The molecule has 1 aromatic carbocycles. The molecule has 0 aliphatic heterocycles. The number of rotatable bonds is 4. The second-order valence-electron chi connectivity index (χ2n) is 5.78. The van der Waals surface area contributed by atoms with E-state index in [4.69, 9.17) is 5.11 Å². The van der Waals surface area contributed by atoms with E-state index in [-0.39, 0.29) is 5.54 Å². The highest BCUT2D eigenvalue weighted by molar-refractivity contribution is 5.74. The van der Waals surface area contributed by atoms with Gasteiger partial charge in [0.25, 0.3) is 0 Å². The lowest BCUT2D eigenvalue weighted by Crippen LogP contribution is -2.75. The standard InChI is InChI=1S/C14H15NO3/c16-6-11-3-1-10(2-4-11)5-13-7-14(8-13,9-13)15-12(17)18/h1-4,6,15H,5,7-9H2,(H,17,18). The SMILES string of the molecule is O=Cc1ccc(CC23CC(NC(=O)O)(C2)C3)cc1. The molecule has 0 aromatic heterocycles. The Morgan fingerprint density at radius 3 is 2.39 bits per heavy atom. The molecule has 0 radical (unpaired) electrons. The minimum Gasteiger partial charge on any atom is -0.465 e. The molecule has 3 fully saturated rings. The molecule has 3 saturated carbocycles. The van der Waals surface area contributed by atoms with Crippen LogP contribution >= 0.6 is 0 Å². The van der Waals surface area contributed by atoms with Crippen molar-refractivity contribution >= 4 is 12.4 Å². The molecule has 0 spiro atoms. The Morgan fingerprint density at radius 1 is 1.28 bits per heavy atom. The summed E-state index contributed by atoms with van der Waals surface area (Å²) in [5, 5.41) is 11.3. The first kappa shape index (κ1) is 11.3. The van der Waals surface area contributed by atoms with Crippen LogP contribution in [0.1, 0.15) is 35.2 Å². The van der Waals surface area contributed by atoms with Crippen molar-refractivity contribution in [1.29, 1.82) is 0 Å². The number of carbonyl (C=O) groups excluding carboxylic acids is 1. The van der Waals surface area contributed by atoms with Gasteiger partial charge in [-0.3, -0.25) is 4.79 Å². The number of carbonyl (C=O) groups is 2. The lowest BCUT2D eigenvalue weighted by Gasteiger charge is -2.70. The van der Waals surface area contributed by atoms with Crippen LogP contribution in [0, 0.1) is 5.41 Å². The fourth-order valence-electron chi connectivity index (χ4n) is 3.69. The maximum Gasteiger partial charge on any atom is 0.405 e. The van der Waals surface area contributed by atoms with Gasteiger partial charge in [0.2, 0.25) is 0 Å². The van der Waals surface area contributed by atoms with Crippen molar-refractivity contribution in [2.45, 2.75) is 31.2 Å². The molecule has 0 unspecified atom stereocenters. The largest absolute Gasteiger partial charge is 0.465 e. The number of benzene rings is 1. The predicted octanol–water partition coefficient (Wildman–Crippen LogP) is 2.23. The zero-order valence-electron chi connectivity index (χ0n) is 9.98. The van der Waals surface area contributed by atoms with Crippen LogP contribution in [-0.2, 0) is 6.42 Å². The van der Waals surface area contributed by atoms with Crippen molar-refractivity contribution in [1.82, 2.24) is 5.32 Å². The minimum atomic E-state index is -0.918. The third-order valence-electron chi connectivity index (χ3n) is 4.21. The van der Waals surface area contributed by atoms with Crippen LogP contribution in [0.15, 0.2) is 24.3 Å². The van der Waals surface area contributed by atoms with Crippen molar-refractivity contribution in [2.75, 3.05) is 0 Å². The summed E-state index contributed by atoms with van der Waals surface area (Å²) in [6, 6.07) is 7.64. The van der Waals surface area contributed by atoms with Crippen molar-refractivity contribution in [3.8, 4) is 0 Å². The molecule has 0 saturated heterocycles. The van der Waals surface area contributed by atoms with E-state index in [9.17, 15) is 9.59 Å². The van der Waals surface area contributed by atoms with Crippen LogP contribution in [0.4, 0.5) is 4.79 Å². The maximum absolute atomic E-state index is 10.6. The monoisotopic (exact) mass is 245 g/mol. The molecule has 4 nitrogen and oxygen atoms in total. The molecule has 4 heteroatoms. The zero-order valence-corrected chi connectivity index (χ0v) is 9.98. The molecule has 1 amide bonds. The van der Waals surface area contributed by atoms with Gasteiger partial charge >= 0.3 is 6.09 Å². The minimum absolute atomic E-state index is 0.130. The van der Waals surface area contributed by atoms with E-state index < -0.39 is 6.09 Å². The summed E-state index contributed by atoms with van der Waals surface area (Å²) < 4.78 is 0. The summed E-state index contributed by atoms with van der Waals surface area (Å²) in [7, 11) is 0. The van der Waals surface area contributed by atoms with Crippen LogP contribution < -0.4 is 5.32 Å². The molecule has 3 aliphatic carbocycles. The van der Waals surface area contributed by atoms with Gasteiger partial charge in [0.05, 0.1) is 0 Å². The Kier molecular flexibility index (Phi) is 2.24. The maximum atomic E-state index is 10.6. The Morgan fingerprint density at radius 2 is 1.89 bits per heavy atom. The van der Waals surface area contributed by atoms with E-state index in [1.165, 1.54) is 5.56 Å². The van der Waals surface area contributed by atoms with Crippen LogP contribution in [0.25, 0.3) is 0 Å². The van der Waals surface area contributed by atoms with Crippen LogP contribution in [-0.4, -0.2) is 23.0 Å². The quantitative estimate of drug-likeness (QED) is 0.799. The van der Waals surface area contributed by atoms with E-state index >= 15 is 0 Å². The van der Waals surface area contributed by atoms with Crippen molar-refractivity contribution in [2.24, 2.45) is 5.41 Å². The van der Waals surface area contributed by atoms with Gasteiger partial charge in [0.1, 0.15) is 6.29 Å². The molecule has 0 heterocycles. The normalized spacial score (nSPS) is 32.0. The number of hydrogen-bond donors (Lipinski definition) is 2. The third kappa shape index (κ3) is 1.68. The second kappa shape index (κ2) is 3.57. The number of amides is 1. The molecule has 94 valence electrons. The third-order valence-corrected chi connectivity index (χ3v) is 4.21. The number of nitrogens with one attached hydrogen (secondary N) is 1. The van der Waals surface area contributed by atoms with Crippen LogP contribution in [0.2, 0.25) is 0 Å². The molecule has 18 heavy (non-hydrogen) atoms. The Labute approximate surface area is 105 Å². The molecule has 4 rings (SSSR count). The van der Waals surface area contributed by atoms with Gasteiger partial charge < -0.3 is 10.4 Å². The Bertz CT molecular complexity index is 487. The molecule has 2 bridgehead atoms. The van der Waals surface area contributed by atoms with Gasteiger partial charge in [-0.2, -0.15) is 0 Å². The highest BCUT2D eigenvalue weighted by Gasteiger charge is 2.68. The van der Waals surface area contributed by atoms with Crippen molar-refractivity contribution in [3.05, 3.63) is 35.4 Å². The summed E-state index contributed by atoms with van der Waals surface area (Å²) in [5.41, 5.74) is 2.09. The molecule has 3 aliphatic rings. The Hall–Kier alpha value is -1.84. The van der Waals surface area contributed by atoms with E-state index in [0.29, 0.717) is 11.0 Å². The van der Waals surface area contributed by atoms with Gasteiger partial charge in [-0.15, -0.1) is 0 Å². The summed E-state index contributed by atoms with van der Waals surface area (Å²) >= 11 is 0. The lowest BCUT2D eigenvalue weighted by atomic mass is 9.38. The first-order valence-corrected chi connectivity index (χ1v) is 6.10.